The second-order valence-electron chi connectivity index (χ2n) is 9.85. The summed E-state index contributed by atoms with van der Waals surface area (Å²) in [6, 6.07) is 0. The molecule has 0 aliphatic rings. The van der Waals surface area contributed by atoms with Crippen LogP contribution in [0.3, 0.4) is 0 Å². The molecular formula is C32H58O. The van der Waals surface area contributed by atoms with Crippen LogP contribution in [0.15, 0.2) is 36.0 Å². The maximum Gasteiger partial charge on any atom is 0.145 e. The summed E-state index contributed by atoms with van der Waals surface area (Å²) < 4.78 is 0. The lowest BCUT2D eigenvalue weighted by molar-refractivity contribution is -0.105. The molecule has 0 rings (SSSR count). The summed E-state index contributed by atoms with van der Waals surface area (Å²) in [7, 11) is 0. The maximum absolute atomic E-state index is 11.3. The Hall–Kier alpha value is -1.11. The number of allylic oxidation sites excluding steroid dienone is 6. The minimum Gasteiger partial charge on any atom is -0.298 e. The summed E-state index contributed by atoms with van der Waals surface area (Å²) in [6.07, 6.45) is 42.3. The van der Waals surface area contributed by atoms with E-state index in [0.29, 0.717) is 0 Å². The first kappa shape index (κ1) is 31.9. The van der Waals surface area contributed by atoms with Crippen LogP contribution in [0.2, 0.25) is 0 Å². The van der Waals surface area contributed by atoms with Gasteiger partial charge in [-0.3, -0.25) is 4.79 Å². The summed E-state index contributed by atoms with van der Waals surface area (Å²) in [6.45, 7) is 4.54. The predicted octanol–water partition coefficient (Wildman–Crippen LogP) is 11.2. The summed E-state index contributed by atoms with van der Waals surface area (Å²) in [4.78, 5) is 11.3. The van der Waals surface area contributed by atoms with Crippen molar-refractivity contribution in [3.8, 4) is 0 Å². The highest BCUT2D eigenvalue weighted by atomic mass is 16.1. The van der Waals surface area contributed by atoms with Gasteiger partial charge in [-0.1, -0.05) is 134 Å². The average Bonchev–Trinajstić information content (AvgIpc) is 2.83. The summed E-state index contributed by atoms with van der Waals surface area (Å²) in [5.74, 6) is 0. The second kappa shape index (κ2) is 28.9. The van der Waals surface area contributed by atoms with Gasteiger partial charge in [0.2, 0.25) is 0 Å². The Kier molecular flexibility index (Phi) is 27.9. The molecule has 0 fully saturated rings. The number of aldehydes is 1. The molecule has 0 saturated heterocycles. The van der Waals surface area contributed by atoms with Crippen molar-refractivity contribution >= 4 is 6.29 Å². The first-order valence-electron chi connectivity index (χ1n) is 14.8. The molecule has 0 heterocycles. The summed E-state index contributed by atoms with van der Waals surface area (Å²) >= 11 is 0. The molecule has 0 aliphatic heterocycles. The van der Waals surface area contributed by atoms with Gasteiger partial charge in [-0.25, -0.2) is 0 Å². The van der Waals surface area contributed by atoms with E-state index in [2.05, 4.69) is 44.2 Å². The van der Waals surface area contributed by atoms with Gasteiger partial charge in [0.25, 0.3) is 0 Å². The minimum atomic E-state index is 0.984. The van der Waals surface area contributed by atoms with Crippen LogP contribution in [0.5, 0.6) is 0 Å². The topological polar surface area (TPSA) is 17.1 Å². The van der Waals surface area contributed by atoms with Crippen LogP contribution >= 0.6 is 0 Å². The van der Waals surface area contributed by atoms with Crippen LogP contribution in [0.25, 0.3) is 0 Å². The fourth-order valence-electron chi connectivity index (χ4n) is 4.27. The molecular weight excluding hydrogens is 400 g/mol. The predicted molar refractivity (Wildman–Crippen MR) is 150 cm³/mol. The Morgan fingerprint density at radius 2 is 0.909 bits per heavy atom. The van der Waals surface area contributed by atoms with Crippen molar-refractivity contribution in [2.75, 3.05) is 0 Å². The molecule has 192 valence electrons. The minimum absolute atomic E-state index is 0.984. The van der Waals surface area contributed by atoms with Crippen molar-refractivity contribution in [3.63, 3.8) is 0 Å². The molecule has 0 unspecified atom stereocenters. The molecule has 33 heavy (non-hydrogen) atoms. The number of carbonyl (C=O) groups is 1. The van der Waals surface area contributed by atoms with E-state index in [1.165, 1.54) is 128 Å². The fraction of sp³-hybridized carbons (Fsp3) is 0.781. The van der Waals surface area contributed by atoms with Crippen LogP contribution in [-0.4, -0.2) is 6.29 Å². The van der Waals surface area contributed by atoms with Gasteiger partial charge in [0.05, 0.1) is 0 Å². The van der Waals surface area contributed by atoms with Crippen molar-refractivity contribution in [2.24, 2.45) is 0 Å². The number of hydrogen-bond donors (Lipinski definition) is 0. The molecule has 0 aliphatic carbocycles. The SMILES string of the molecule is CCCCC/C=C\C/C=C\CCCCCC/C=C(\C=O)CCCCCCCCCCCCC. The van der Waals surface area contributed by atoms with E-state index in [0.717, 1.165) is 31.1 Å². The van der Waals surface area contributed by atoms with Gasteiger partial charge in [0, 0.05) is 0 Å². The first-order valence-corrected chi connectivity index (χ1v) is 14.8. The van der Waals surface area contributed by atoms with Crippen molar-refractivity contribution in [3.05, 3.63) is 36.0 Å². The molecule has 0 spiro atoms. The fourth-order valence-corrected chi connectivity index (χ4v) is 4.27. The molecule has 0 aromatic rings. The van der Waals surface area contributed by atoms with Gasteiger partial charge < -0.3 is 0 Å². The highest BCUT2D eigenvalue weighted by molar-refractivity contribution is 5.72. The number of unbranched alkanes of at least 4 members (excludes halogenated alkanes) is 18. The number of rotatable bonds is 26. The lowest BCUT2D eigenvalue weighted by Crippen LogP contribution is -1.88. The average molecular weight is 459 g/mol. The van der Waals surface area contributed by atoms with Crippen molar-refractivity contribution in [1.82, 2.24) is 0 Å². The Bertz CT molecular complexity index is 471. The Labute approximate surface area is 208 Å². The van der Waals surface area contributed by atoms with Crippen molar-refractivity contribution in [1.29, 1.82) is 0 Å². The third kappa shape index (κ3) is 27.0. The highest BCUT2D eigenvalue weighted by Crippen LogP contribution is 2.15. The molecule has 0 aromatic carbocycles. The van der Waals surface area contributed by atoms with E-state index < -0.39 is 0 Å². The monoisotopic (exact) mass is 458 g/mol. The molecule has 0 radical (unpaired) electrons. The zero-order valence-electron chi connectivity index (χ0n) is 22.6. The van der Waals surface area contributed by atoms with Gasteiger partial charge in [0.15, 0.2) is 0 Å². The number of carbonyl (C=O) groups excluding carboxylic acids is 1. The molecule has 0 saturated carbocycles. The van der Waals surface area contributed by atoms with Gasteiger partial charge in [-0.15, -0.1) is 0 Å². The Morgan fingerprint density at radius 1 is 0.485 bits per heavy atom. The van der Waals surface area contributed by atoms with Gasteiger partial charge >= 0.3 is 0 Å². The zero-order chi connectivity index (χ0) is 24.1. The van der Waals surface area contributed by atoms with Crippen LogP contribution in [-0.2, 0) is 4.79 Å². The molecule has 0 N–H and O–H groups in total. The van der Waals surface area contributed by atoms with Crippen LogP contribution in [0.4, 0.5) is 0 Å². The standard InChI is InChI=1S/C32H58O/c1-3-5-7-9-11-13-15-16-17-18-20-22-24-26-28-30-32(31-33)29-27-25-23-21-19-14-12-10-8-6-4-2/h11,13,16-17,30-31H,3-10,12,14-15,18-29H2,1-2H3/b13-11-,17-16-,32-30-. The van der Waals surface area contributed by atoms with Gasteiger partial charge in [-0.2, -0.15) is 0 Å². The van der Waals surface area contributed by atoms with Crippen molar-refractivity contribution in [2.45, 2.75) is 162 Å². The number of hydrogen-bond acceptors (Lipinski definition) is 1. The van der Waals surface area contributed by atoms with E-state index in [-0.39, 0.29) is 0 Å². The van der Waals surface area contributed by atoms with E-state index in [9.17, 15) is 4.79 Å². The molecule has 0 aromatic heterocycles. The van der Waals surface area contributed by atoms with E-state index in [4.69, 9.17) is 0 Å². The zero-order valence-corrected chi connectivity index (χ0v) is 22.6. The Morgan fingerprint density at radius 3 is 1.45 bits per heavy atom. The quantitative estimate of drug-likeness (QED) is 0.0545. The van der Waals surface area contributed by atoms with Crippen molar-refractivity contribution < 1.29 is 4.79 Å². The van der Waals surface area contributed by atoms with Crippen LogP contribution in [0, 0.1) is 0 Å². The van der Waals surface area contributed by atoms with Gasteiger partial charge in [0.1, 0.15) is 6.29 Å². The molecule has 0 atom stereocenters. The van der Waals surface area contributed by atoms with Crippen LogP contribution < -0.4 is 0 Å². The molecule has 1 nitrogen and oxygen atoms in total. The third-order valence-electron chi connectivity index (χ3n) is 6.53. The van der Waals surface area contributed by atoms with E-state index in [1.54, 1.807) is 0 Å². The molecule has 1 heteroatoms. The summed E-state index contributed by atoms with van der Waals surface area (Å²) in [5, 5.41) is 0. The first-order chi connectivity index (χ1) is 16.3. The molecule has 0 bridgehead atoms. The van der Waals surface area contributed by atoms with Gasteiger partial charge in [-0.05, 0) is 63.4 Å². The second-order valence-corrected chi connectivity index (χ2v) is 9.85. The Balaban J connectivity index is 3.47. The third-order valence-corrected chi connectivity index (χ3v) is 6.53. The van der Waals surface area contributed by atoms with Crippen LogP contribution in [0.1, 0.15) is 162 Å². The molecule has 0 amide bonds. The normalized spacial score (nSPS) is 12.4. The smallest absolute Gasteiger partial charge is 0.145 e. The highest BCUT2D eigenvalue weighted by Gasteiger charge is 1.98. The lowest BCUT2D eigenvalue weighted by atomic mass is 10.0. The largest absolute Gasteiger partial charge is 0.298 e. The van der Waals surface area contributed by atoms with E-state index >= 15 is 0 Å². The summed E-state index contributed by atoms with van der Waals surface area (Å²) in [5.41, 5.74) is 1.04. The maximum atomic E-state index is 11.3. The van der Waals surface area contributed by atoms with E-state index in [1.807, 2.05) is 0 Å². The lowest BCUT2D eigenvalue weighted by Gasteiger charge is -2.03.